The predicted molar refractivity (Wildman–Crippen MR) is 48.8 cm³/mol. The number of nitrogens with two attached hydrogens (primary N) is 1. The van der Waals surface area contributed by atoms with Crippen molar-refractivity contribution in [3.05, 3.63) is 0 Å². The van der Waals surface area contributed by atoms with E-state index in [-0.39, 0.29) is 12.6 Å². The van der Waals surface area contributed by atoms with Crippen LogP contribution in [-0.2, 0) is 0 Å². The molecule has 1 fully saturated rings. The van der Waals surface area contributed by atoms with Gasteiger partial charge < -0.3 is 11.1 Å². The van der Waals surface area contributed by atoms with Gasteiger partial charge in [0.15, 0.2) is 0 Å². The van der Waals surface area contributed by atoms with E-state index in [1.165, 1.54) is 6.42 Å². The van der Waals surface area contributed by atoms with E-state index in [2.05, 4.69) is 5.32 Å². The van der Waals surface area contributed by atoms with E-state index < -0.39 is 5.67 Å². The van der Waals surface area contributed by atoms with Gasteiger partial charge in [-0.25, -0.2) is 4.39 Å². The van der Waals surface area contributed by atoms with E-state index in [1.54, 1.807) is 0 Å². The second-order valence-corrected chi connectivity index (χ2v) is 3.59. The van der Waals surface area contributed by atoms with E-state index in [4.69, 9.17) is 5.73 Å². The van der Waals surface area contributed by atoms with Crippen molar-refractivity contribution >= 4 is 0 Å². The number of alkyl halides is 1. The molecule has 12 heavy (non-hydrogen) atoms. The quantitative estimate of drug-likeness (QED) is 0.675. The maximum atomic E-state index is 13.9. The fourth-order valence-electron chi connectivity index (χ4n) is 1.83. The molecule has 0 saturated carbocycles. The van der Waals surface area contributed by atoms with Gasteiger partial charge in [0, 0.05) is 12.6 Å². The molecule has 0 aromatic heterocycles. The molecular weight excluding hydrogens is 155 g/mol. The van der Waals surface area contributed by atoms with Crippen LogP contribution in [0.15, 0.2) is 0 Å². The van der Waals surface area contributed by atoms with E-state index in [0.717, 1.165) is 19.4 Å². The van der Waals surface area contributed by atoms with Gasteiger partial charge in [0.05, 0.1) is 0 Å². The number of halogens is 1. The van der Waals surface area contributed by atoms with Crippen molar-refractivity contribution in [3.8, 4) is 0 Å². The molecule has 0 aromatic carbocycles. The van der Waals surface area contributed by atoms with Gasteiger partial charge in [-0.1, -0.05) is 13.3 Å². The molecule has 0 radical (unpaired) electrons. The summed E-state index contributed by atoms with van der Waals surface area (Å²) < 4.78 is 13.9. The standard InChI is InChI=1S/C9H19FN2/c1-2-9(10,7-11)8-5-3-4-6-12-8/h8,12H,2-7,11H2,1H3. The molecule has 2 nitrogen and oxygen atoms in total. The SMILES string of the molecule is CCC(F)(CN)C1CCCCN1. The molecule has 0 amide bonds. The van der Waals surface area contributed by atoms with Gasteiger partial charge >= 0.3 is 0 Å². The summed E-state index contributed by atoms with van der Waals surface area (Å²) in [7, 11) is 0. The highest BCUT2D eigenvalue weighted by Crippen LogP contribution is 2.25. The predicted octanol–water partition coefficient (Wildman–Crippen LogP) is 1.21. The fraction of sp³-hybridized carbons (Fsp3) is 1.00. The summed E-state index contributed by atoms with van der Waals surface area (Å²) >= 11 is 0. The molecule has 1 aliphatic heterocycles. The highest BCUT2D eigenvalue weighted by atomic mass is 19.1. The van der Waals surface area contributed by atoms with Crippen molar-refractivity contribution in [3.63, 3.8) is 0 Å². The minimum Gasteiger partial charge on any atom is -0.327 e. The van der Waals surface area contributed by atoms with Crippen LogP contribution in [0.3, 0.4) is 0 Å². The third kappa shape index (κ3) is 1.96. The molecule has 2 atom stereocenters. The van der Waals surface area contributed by atoms with E-state index in [0.29, 0.717) is 6.42 Å². The van der Waals surface area contributed by atoms with E-state index in [1.807, 2.05) is 6.92 Å². The lowest BCUT2D eigenvalue weighted by Crippen LogP contribution is -2.53. The first kappa shape index (κ1) is 9.93. The third-order valence-electron chi connectivity index (χ3n) is 2.86. The zero-order chi connectivity index (χ0) is 9.03. The molecule has 0 bridgehead atoms. The highest BCUT2D eigenvalue weighted by molar-refractivity contribution is 4.93. The average molecular weight is 174 g/mol. The van der Waals surface area contributed by atoms with Crippen LogP contribution in [0.5, 0.6) is 0 Å². The first-order chi connectivity index (χ1) is 5.73. The Labute approximate surface area is 73.7 Å². The number of hydrogen-bond donors (Lipinski definition) is 2. The first-order valence-corrected chi connectivity index (χ1v) is 4.85. The Kier molecular flexibility index (Phi) is 3.47. The fourth-order valence-corrected chi connectivity index (χ4v) is 1.83. The molecule has 3 heteroatoms. The summed E-state index contributed by atoms with van der Waals surface area (Å²) in [4.78, 5) is 0. The lowest BCUT2D eigenvalue weighted by Gasteiger charge is -2.35. The van der Waals surface area contributed by atoms with E-state index in [9.17, 15) is 4.39 Å². The largest absolute Gasteiger partial charge is 0.327 e. The summed E-state index contributed by atoms with van der Waals surface area (Å²) in [6.07, 6.45) is 3.74. The van der Waals surface area contributed by atoms with Gasteiger partial charge in [-0.2, -0.15) is 0 Å². The van der Waals surface area contributed by atoms with Crippen molar-refractivity contribution in [2.75, 3.05) is 13.1 Å². The van der Waals surface area contributed by atoms with Gasteiger partial charge in [-0.05, 0) is 25.8 Å². The van der Waals surface area contributed by atoms with Crippen molar-refractivity contribution < 1.29 is 4.39 Å². The zero-order valence-electron chi connectivity index (χ0n) is 7.78. The van der Waals surface area contributed by atoms with Crippen molar-refractivity contribution in [1.82, 2.24) is 5.32 Å². The van der Waals surface area contributed by atoms with Crippen LogP contribution in [0.2, 0.25) is 0 Å². The van der Waals surface area contributed by atoms with Crippen LogP contribution >= 0.6 is 0 Å². The van der Waals surface area contributed by atoms with Crippen LogP contribution in [0.1, 0.15) is 32.6 Å². The molecule has 72 valence electrons. The average Bonchev–Trinajstić information content (AvgIpc) is 2.18. The van der Waals surface area contributed by atoms with Gasteiger partial charge in [-0.15, -0.1) is 0 Å². The Morgan fingerprint density at radius 1 is 1.58 bits per heavy atom. The normalized spacial score (nSPS) is 29.8. The Morgan fingerprint density at radius 3 is 2.75 bits per heavy atom. The Morgan fingerprint density at radius 2 is 2.33 bits per heavy atom. The first-order valence-electron chi connectivity index (χ1n) is 4.85. The Balaban J connectivity index is 2.51. The Bertz CT molecular complexity index is 128. The molecule has 0 aromatic rings. The van der Waals surface area contributed by atoms with Crippen LogP contribution in [0, 0.1) is 0 Å². The zero-order valence-corrected chi connectivity index (χ0v) is 7.78. The molecule has 2 unspecified atom stereocenters. The minimum absolute atomic E-state index is 0.0127. The van der Waals surface area contributed by atoms with E-state index >= 15 is 0 Å². The topological polar surface area (TPSA) is 38.0 Å². The van der Waals surface area contributed by atoms with Gasteiger partial charge in [0.1, 0.15) is 5.67 Å². The number of hydrogen-bond acceptors (Lipinski definition) is 2. The molecule has 0 spiro atoms. The summed E-state index contributed by atoms with van der Waals surface area (Å²) in [6.45, 7) is 2.95. The molecule has 1 saturated heterocycles. The maximum Gasteiger partial charge on any atom is 0.138 e. The summed E-state index contributed by atoms with van der Waals surface area (Å²) in [5, 5.41) is 3.21. The van der Waals surface area contributed by atoms with Crippen molar-refractivity contribution in [1.29, 1.82) is 0 Å². The minimum atomic E-state index is -1.18. The molecule has 1 heterocycles. The van der Waals surface area contributed by atoms with Gasteiger partial charge in [-0.3, -0.25) is 0 Å². The van der Waals surface area contributed by atoms with Gasteiger partial charge in [0.2, 0.25) is 0 Å². The third-order valence-corrected chi connectivity index (χ3v) is 2.86. The lowest BCUT2D eigenvalue weighted by molar-refractivity contribution is 0.0926. The Hall–Kier alpha value is -0.150. The van der Waals surface area contributed by atoms with Crippen molar-refractivity contribution in [2.24, 2.45) is 5.73 Å². The van der Waals surface area contributed by atoms with Crippen LogP contribution < -0.4 is 11.1 Å². The lowest BCUT2D eigenvalue weighted by atomic mass is 9.87. The van der Waals surface area contributed by atoms with Crippen molar-refractivity contribution in [2.45, 2.75) is 44.3 Å². The smallest absolute Gasteiger partial charge is 0.138 e. The molecule has 0 aliphatic carbocycles. The molecule has 1 aliphatic rings. The number of piperidine rings is 1. The summed E-state index contributed by atoms with van der Waals surface area (Å²) in [5.74, 6) is 0. The molecule has 1 rings (SSSR count). The number of rotatable bonds is 3. The monoisotopic (exact) mass is 174 g/mol. The summed E-state index contributed by atoms with van der Waals surface area (Å²) in [5.41, 5.74) is 4.25. The van der Waals surface area contributed by atoms with Crippen LogP contribution in [-0.4, -0.2) is 24.8 Å². The second-order valence-electron chi connectivity index (χ2n) is 3.59. The maximum absolute atomic E-state index is 13.9. The number of nitrogens with one attached hydrogen (secondary N) is 1. The molecule has 3 N–H and O–H groups in total. The van der Waals surface area contributed by atoms with Crippen LogP contribution in [0.4, 0.5) is 4.39 Å². The van der Waals surface area contributed by atoms with Crippen LogP contribution in [0.25, 0.3) is 0 Å². The van der Waals surface area contributed by atoms with Gasteiger partial charge in [0.25, 0.3) is 0 Å². The summed E-state index contributed by atoms with van der Waals surface area (Å²) in [6, 6.07) is -0.0127. The second kappa shape index (κ2) is 4.19. The highest BCUT2D eigenvalue weighted by Gasteiger charge is 2.36. The molecular formula is C9H19FN2.